The molecule has 0 atom stereocenters. The first-order chi connectivity index (χ1) is 17.0. The predicted molar refractivity (Wildman–Crippen MR) is 127 cm³/mol. The van der Waals surface area contributed by atoms with Crippen LogP contribution in [0, 0.1) is 5.82 Å². The second-order valence-electron chi connectivity index (χ2n) is 7.19. The number of para-hydroxylation sites is 2. The zero-order valence-corrected chi connectivity index (χ0v) is 19.4. The number of halogens is 1. The number of rotatable bonds is 12. The van der Waals surface area contributed by atoms with Crippen molar-refractivity contribution in [3.63, 3.8) is 0 Å². The standard InChI is InChI=1S/C26H26FNO7/c1-31-22-7-4-3-6-21(22)28-25(29)17-35-23-13-8-18(16-24(23)32-2)26(30)34-15-5-14-33-20-11-9-19(27)10-12-20/h3-4,6-13,16H,5,14-15,17H2,1-2H3,(H,28,29). The fourth-order valence-electron chi connectivity index (χ4n) is 3.02. The number of methoxy groups -OCH3 is 2. The van der Waals surface area contributed by atoms with Crippen molar-refractivity contribution < 1.29 is 37.7 Å². The van der Waals surface area contributed by atoms with Crippen LogP contribution in [0.3, 0.4) is 0 Å². The van der Waals surface area contributed by atoms with Gasteiger partial charge in [-0.15, -0.1) is 0 Å². The SMILES string of the molecule is COc1ccccc1NC(=O)COc1ccc(C(=O)OCCCOc2ccc(F)cc2)cc1OC. The highest BCUT2D eigenvalue weighted by Gasteiger charge is 2.14. The van der Waals surface area contributed by atoms with Crippen LogP contribution in [0.4, 0.5) is 10.1 Å². The first-order valence-electron chi connectivity index (χ1n) is 10.8. The van der Waals surface area contributed by atoms with Crippen LogP contribution >= 0.6 is 0 Å². The van der Waals surface area contributed by atoms with E-state index in [0.717, 1.165) is 0 Å². The minimum absolute atomic E-state index is 0.143. The predicted octanol–water partition coefficient (Wildman–Crippen LogP) is 4.49. The molecule has 0 saturated heterocycles. The summed E-state index contributed by atoms with van der Waals surface area (Å²) in [4.78, 5) is 24.6. The molecule has 1 amide bonds. The molecule has 0 radical (unpaired) electrons. The summed E-state index contributed by atoms with van der Waals surface area (Å²) in [6.07, 6.45) is 0.461. The van der Waals surface area contributed by atoms with Gasteiger partial charge in [0.2, 0.25) is 0 Å². The fraction of sp³-hybridized carbons (Fsp3) is 0.231. The average Bonchev–Trinajstić information content (AvgIpc) is 2.88. The molecular formula is C26H26FNO7. The maximum atomic E-state index is 12.9. The minimum atomic E-state index is -0.537. The molecule has 0 aliphatic heterocycles. The summed E-state index contributed by atoms with van der Waals surface area (Å²) < 4.78 is 39.7. The van der Waals surface area contributed by atoms with Crippen molar-refractivity contribution >= 4 is 17.6 Å². The molecule has 0 heterocycles. The van der Waals surface area contributed by atoms with E-state index >= 15 is 0 Å². The van der Waals surface area contributed by atoms with Crippen molar-refractivity contribution in [3.05, 3.63) is 78.1 Å². The van der Waals surface area contributed by atoms with Crippen molar-refractivity contribution in [3.8, 4) is 23.0 Å². The average molecular weight is 483 g/mol. The van der Waals surface area contributed by atoms with Crippen LogP contribution < -0.4 is 24.3 Å². The zero-order chi connectivity index (χ0) is 25.0. The molecule has 0 aromatic heterocycles. The highest BCUT2D eigenvalue weighted by Crippen LogP contribution is 2.29. The Balaban J connectivity index is 1.46. The van der Waals surface area contributed by atoms with Gasteiger partial charge in [-0.25, -0.2) is 9.18 Å². The Labute approximate surface area is 202 Å². The number of nitrogens with one attached hydrogen (secondary N) is 1. The van der Waals surface area contributed by atoms with Crippen LogP contribution in [0.2, 0.25) is 0 Å². The molecule has 0 bridgehead atoms. The van der Waals surface area contributed by atoms with Crippen molar-refractivity contribution in [2.75, 3.05) is 39.4 Å². The Bertz CT molecular complexity index is 1130. The van der Waals surface area contributed by atoms with E-state index in [0.29, 0.717) is 36.0 Å². The zero-order valence-electron chi connectivity index (χ0n) is 19.4. The molecule has 3 aromatic carbocycles. The quantitative estimate of drug-likeness (QED) is 0.300. The lowest BCUT2D eigenvalue weighted by atomic mass is 10.2. The smallest absolute Gasteiger partial charge is 0.338 e. The van der Waals surface area contributed by atoms with E-state index in [9.17, 15) is 14.0 Å². The van der Waals surface area contributed by atoms with Gasteiger partial charge in [0.15, 0.2) is 18.1 Å². The van der Waals surface area contributed by atoms with E-state index in [1.807, 2.05) is 0 Å². The lowest BCUT2D eigenvalue weighted by molar-refractivity contribution is -0.118. The number of ether oxygens (including phenoxy) is 5. The molecular weight excluding hydrogens is 457 g/mol. The van der Waals surface area contributed by atoms with Gasteiger partial charge in [0.05, 0.1) is 38.7 Å². The molecule has 0 fully saturated rings. The minimum Gasteiger partial charge on any atom is -0.495 e. The van der Waals surface area contributed by atoms with Crippen molar-refractivity contribution in [1.29, 1.82) is 0 Å². The van der Waals surface area contributed by atoms with Crippen LogP contribution in [0.25, 0.3) is 0 Å². The van der Waals surface area contributed by atoms with Crippen molar-refractivity contribution in [1.82, 2.24) is 0 Å². The number of anilines is 1. The molecule has 3 aromatic rings. The first-order valence-corrected chi connectivity index (χ1v) is 10.8. The highest BCUT2D eigenvalue weighted by atomic mass is 19.1. The number of carbonyl (C=O) groups excluding carboxylic acids is 2. The topological polar surface area (TPSA) is 92.3 Å². The second kappa shape index (κ2) is 12.8. The highest BCUT2D eigenvalue weighted by molar-refractivity contribution is 5.93. The molecule has 0 aliphatic carbocycles. The third kappa shape index (κ3) is 7.63. The third-order valence-corrected chi connectivity index (χ3v) is 4.74. The number of esters is 1. The van der Waals surface area contributed by atoms with Gasteiger partial charge < -0.3 is 29.0 Å². The van der Waals surface area contributed by atoms with Gasteiger partial charge in [-0.3, -0.25) is 4.79 Å². The molecule has 9 heteroatoms. The number of hydrogen-bond donors (Lipinski definition) is 1. The van der Waals surface area contributed by atoms with E-state index in [1.165, 1.54) is 56.7 Å². The normalized spacial score (nSPS) is 10.3. The summed E-state index contributed by atoms with van der Waals surface area (Å²) in [5.41, 5.74) is 0.795. The fourth-order valence-corrected chi connectivity index (χ4v) is 3.02. The summed E-state index contributed by atoms with van der Waals surface area (Å²) in [5, 5.41) is 2.71. The molecule has 8 nitrogen and oxygen atoms in total. The van der Waals surface area contributed by atoms with E-state index in [2.05, 4.69) is 5.32 Å². The van der Waals surface area contributed by atoms with Crippen LogP contribution in [0.5, 0.6) is 23.0 Å². The van der Waals surface area contributed by atoms with Crippen LogP contribution in [0.15, 0.2) is 66.7 Å². The Morgan fingerprint density at radius 3 is 2.31 bits per heavy atom. The lowest BCUT2D eigenvalue weighted by Gasteiger charge is -2.13. The second-order valence-corrected chi connectivity index (χ2v) is 7.19. The van der Waals surface area contributed by atoms with Gasteiger partial charge in [-0.2, -0.15) is 0 Å². The monoisotopic (exact) mass is 483 g/mol. The van der Waals surface area contributed by atoms with E-state index in [4.69, 9.17) is 23.7 Å². The van der Waals surface area contributed by atoms with Gasteiger partial charge in [0.25, 0.3) is 5.91 Å². The molecule has 0 saturated carbocycles. The number of amides is 1. The summed E-state index contributed by atoms with van der Waals surface area (Å²) in [5.74, 6) is 0.386. The molecule has 0 spiro atoms. The molecule has 1 N–H and O–H groups in total. The largest absolute Gasteiger partial charge is 0.495 e. The van der Waals surface area contributed by atoms with Crippen LogP contribution in [-0.2, 0) is 9.53 Å². The Kier molecular flexibility index (Phi) is 9.30. The summed E-state index contributed by atoms with van der Waals surface area (Å²) in [6, 6.07) is 17.2. The van der Waals surface area contributed by atoms with Crippen molar-refractivity contribution in [2.24, 2.45) is 0 Å². The Morgan fingerprint density at radius 2 is 1.57 bits per heavy atom. The third-order valence-electron chi connectivity index (χ3n) is 4.74. The summed E-state index contributed by atoms with van der Waals surface area (Å²) in [6.45, 7) is 0.182. The van der Waals surface area contributed by atoms with Gasteiger partial charge in [-0.1, -0.05) is 12.1 Å². The molecule has 184 valence electrons. The Hall–Kier alpha value is -4.27. The maximum absolute atomic E-state index is 12.9. The maximum Gasteiger partial charge on any atom is 0.338 e. The number of benzene rings is 3. The molecule has 35 heavy (non-hydrogen) atoms. The van der Waals surface area contributed by atoms with E-state index < -0.39 is 5.97 Å². The first kappa shape index (κ1) is 25.4. The van der Waals surface area contributed by atoms with Gasteiger partial charge in [0, 0.05) is 6.42 Å². The van der Waals surface area contributed by atoms with Gasteiger partial charge >= 0.3 is 5.97 Å². The van der Waals surface area contributed by atoms with Crippen LogP contribution in [0.1, 0.15) is 16.8 Å². The number of hydrogen-bond acceptors (Lipinski definition) is 7. The lowest BCUT2D eigenvalue weighted by Crippen LogP contribution is -2.20. The molecule has 0 aliphatic rings. The molecule has 3 rings (SSSR count). The summed E-state index contributed by atoms with van der Waals surface area (Å²) >= 11 is 0. The van der Waals surface area contributed by atoms with Gasteiger partial charge in [0.1, 0.15) is 17.3 Å². The molecule has 0 unspecified atom stereocenters. The van der Waals surface area contributed by atoms with E-state index in [1.54, 1.807) is 24.3 Å². The van der Waals surface area contributed by atoms with Crippen molar-refractivity contribution in [2.45, 2.75) is 6.42 Å². The summed E-state index contributed by atoms with van der Waals surface area (Å²) in [7, 11) is 2.94. The van der Waals surface area contributed by atoms with Crippen LogP contribution in [-0.4, -0.2) is 45.9 Å². The van der Waals surface area contributed by atoms with Gasteiger partial charge in [-0.05, 0) is 54.6 Å². The van der Waals surface area contributed by atoms with E-state index in [-0.39, 0.29) is 36.3 Å². The number of carbonyl (C=O) groups is 2. The Morgan fingerprint density at radius 1 is 0.829 bits per heavy atom.